The highest BCUT2D eigenvalue weighted by Gasteiger charge is 2.15. The van der Waals surface area contributed by atoms with Gasteiger partial charge in [0.05, 0.1) is 0 Å². The monoisotopic (exact) mass is 282 g/mol. The molecule has 0 aliphatic carbocycles. The first-order chi connectivity index (χ1) is 7.63. The van der Waals surface area contributed by atoms with Gasteiger partial charge in [0.2, 0.25) is 0 Å². The fourth-order valence-electron chi connectivity index (χ4n) is 2.32. The second-order valence-corrected chi connectivity index (χ2v) is 5.64. The highest BCUT2D eigenvalue weighted by Crippen LogP contribution is 2.17. The van der Waals surface area contributed by atoms with E-state index in [1.807, 2.05) is 0 Å². The van der Waals surface area contributed by atoms with Crippen LogP contribution >= 0.6 is 15.9 Å². The maximum absolute atomic E-state index is 3.56. The van der Waals surface area contributed by atoms with Crippen molar-refractivity contribution in [3.63, 3.8) is 0 Å². The second kappa shape index (κ2) is 5.30. The average molecular weight is 283 g/mol. The van der Waals surface area contributed by atoms with Crippen LogP contribution in [0.15, 0.2) is 22.7 Å². The van der Waals surface area contributed by atoms with E-state index in [4.69, 9.17) is 0 Å². The first-order valence-corrected chi connectivity index (χ1v) is 6.64. The third-order valence-electron chi connectivity index (χ3n) is 2.96. The van der Waals surface area contributed by atoms with Crippen molar-refractivity contribution < 1.29 is 0 Å². The summed E-state index contributed by atoms with van der Waals surface area (Å²) in [5, 5.41) is 3.47. The van der Waals surface area contributed by atoms with Crippen molar-refractivity contribution in [2.24, 2.45) is 0 Å². The molecule has 1 fully saturated rings. The molecule has 0 saturated carbocycles. The molecule has 0 spiro atoms. The summed E-state index contributed by atoms with van der Waals surface area (Å²) in [6.07, 6.45) is 0. The van der Waals surface area contributed by atoms with E-state index in [1.165, 1.54) is 15.6 Å². The third-order valence-corrected chi connectivity index (χ3v) is 3.42. The van der Waals surface area contributed by atoms with Gasteiger partial charge in [0.25, 0.3) is 0 Å². The quantitative estimate of drug-likeness (QED) is 0.897. The highest BCUT2D eigenvalue weighted by atomic mass is 79.9. The normalized spacial score (nSPS) is 22.3. The van der Waals surface area contributed by atoms with Crippen LogP contribution in [0.2, 0.25) is 0 Å². The maximum atomic E-state index is 3.56. The van der Waals surface area contributed by atoms with Crippen molar-refractivity contribution in [3.8, 4) is 0 Å². The summed E-state index contributed by atoms with van der Waals surface area (Å²) in [7, 11) is 0. The van der Waals surface area contributed by atoms with Crippen molar-refractivity contribution in [1.29, 1.82) is 0 Å². The number of halogens is 1. The van der Waals surface area contributed by atoms with Crippen LogP contribution in [0, 0.1) is 6.92 Å². The Bertz CT molecular complexity index is 345. The molecule has 0 amide bonds. The number of rotatable bonds is 2. The zero-order valence-electron chi connectivity index (χ0n) is 9.96. The molecule has 1 aromatic carbocycles. The van der Waals surface area contributed by atoms with Crippen LogP contribution in [-0.2, 0) is 6.54 Å². The first-order valence-electron chi connectivity index (χ1n) is 5.85. The molecule has 1 aliphatic rings. The van der Waals surface area contributed by atoms with Crippen LogP contribution in [0.25, 0.3) is 0 Å². The number of hydrogen-bond donors (Lipinski definition) is 1. The lowest BCUT2D eigenvalue weighted by Gasteiger charge is -2.31. The standard InChI is InChI=1S/C13H19BrN2/c1-10-5-12(7-13(14)6-10)9-16-4-3-15-11(2)8-16/h5-7,11,15H,3-4,8-9H2,1-2H3/t11-/m0/s1. The van der Waals surface area contributed by atoms with Gasteiger partial charge in [-0.05, 0) is 37.1 Å². The number of benzene rings is 1. The zero-order chi connectivity index (χ0) is 11.5. The van der Waals surface area contributed by atoms with Crippen molar-refractivity contribution in [2.75, 3.05) is 19.6 Å². The van der Waals surface area contributed by atoms with E-state index >= 15 is 0 Å². The third kappa shape index (κ3) is 3.30. The Kier molecular flexibility index (Phi) is 4.00. The van der Waals surface area contributed by atoms with Crippen LogP contribution in [0.4, 0.5) is 0 Å². The lowest BCUT2D eigenvalue weighted by molar-refractivity contribution is 0.199. The molecule has 1 heterocycles. The largest absolute Gasteiger partial charge is 0.312 e. The first kappa shape index (κ1) is 12.1. The number of aryl methyl sites for hydroxylation is 1. The summed E-state index contributed by atoms with van der Waals surface area (Å²) in [6.45, 7) is 8.86. The Morgan fingerprint density at radius 3 is 2.94 bits per heavy atom. The van der Waals surface area contributed by atoms with Crippen molar-refractivity contribution in [2.45, 2.75) is 26.4 Å². The Balaban J connectivity index is 2.02. The van der Waals surface area contributed by atoms with Gasteiger partial charge in [0, 0.05) is 36.7 Å². The summed E-state index contributed by atoms with van der Waals surface area (Å²) < 4.78 is 1.19. The lowest BCUT2D eigenvalue weighted by Crippen LogP contribution is -2.48. The van der Waals surface area contributed by atoms with Gasteiger partial charge in [-0.3, -0.25) is 4.90 Å². The summed E-state index contributed by atoms with van der Waals surface area (Å²) in [6, 6.07) is 7.27. The Labute approximate surface area is 106 Å². The molecule has 88 valence electrons. The van der Waals surface area contributed by atoms with Crippen molar-refractivity contribution in [1.82, 2.24) is 10.2 Å². The van der Waals surface area contributed by atoms with Crippen LogP contribution in [0.5, 0.6) is 0 Å². The van der Waals surface area contributed by atoms with Crippen molar-refractivity contribution >= 4 is 15.9 Å². The topological polar surface area (TPSA) is 15.3 Å². The van der Waals surface area contributed by atoms with E-state index in [-0.39, 0.29) is 0 Å². The van der Waals surface area contributed by atoms with Gasteiger partial charge in [-0.15, -0.1) is 0 Å². The van der Waals surface area contributed by atoms with Gasteiger partial charge < -0.3 is 5.32 Å². The van der Waals surface area contributed by atoms with Crippen LogP contribution in [0.3, 0.4) is 0 Å². The molecule has 1 atom stereocenters. The van der Waals surface area contributed by atoms with Gasteiger partial charge in [0.15, 0.2) is 0 Å². The number of nitrogens with one attached hydrogen (secondary N) is 1. The lowest BCUT2D eigenvalue weighted by atomic mass is 10.1. The molecule has 2 nitrogen and oxygen atoms in total. The highest BCUT2D eigenvalue weighted by molar-refractivity contribution is 9.10. The summed E-state index contributed by atoms with van der Waals surface area (Å²) in [5.41, 5.74) is 2.73. The van der Waals surface area contributed by atoms with E-state index in [0.717, 1.165) is 26.2 Å². The maximum Gasteiger partial charge on any atom is 0.0235 e. The summed E-state index contributed by atoms with van der Waals surface area (Å²) in [4.78, 5) is 2.52. The molecule has 0 radical (unpaired) electrons. The Morgan fingerprint density at radius 1 is 1.44 bits per heavy atom. The van der Waals surface area contributed by atoms with Crippen LogP contribution < -0.4 is 5.32 Å². The molecule has 0 unspecified atom stereocenters. The zero-order valence-corrected chi connectivity index (χ0v) is 11.5. The molecule has 0 bridgehead atoms. The fraction of sp³-hybridized carbons (Fsp3) is 0.538. The smallest absolute Gasteiger partial charge is 0.0235 e. The predicted molar refractivity (Wildman–Crippen MR) is 71.6 cm³/mol. The van der Waals surface area contributed by atoms with Gasteiger partial charge in [-0.1, -0.05) is 22.0 Å². The molecule has 2 rings (SSSR count). The van der Waals surface area contributed by atoms with Gasteiger partial charge in [0.1, 0.15) is 0 Å². The number of piperazine rings is 1. The number of nitrogens with zero attached hydrogens (tertiary/aromatic N) is 1. The van der Waals surface area contributed by atoms with Gasteiger partial charge in [-0.25, -0.2) is 0 Å². The molecule has 3 heteroatoms. The summed E-state index contributed by atoms with van der Waals surface area (Å²) >= 11 is 3.56. The predicted octanol–water partition coefficient (Wildman–Crippen LogP) is 2.55. The van der Waals surface area contributed by atoms with E-state index < -0.39 is 0 Å². The van der Waals surface area contributed by atoms with E-state index in [0.29, 0.717) is 6.04 Å². The average Bonchev–Trinajstić information content (AvgIpc) is 2.15. The van der Waals surface area contributed by atoms with Gasteiger partial charge >= 0.3 is 0 Å². The number of hydrogen-bond acceptors (Lipinski definition) is 2. The van der Waals surface area contributed by atoms with Gasteiger partial charge in [-0.2, -0.15) is 0 Å². The fourth-order valence-corrected chi connectivity index (χ4v) is 2.97. The van der Waals surface area contributed by atoms with Crippen molar-refractivity contribution in [3.05, 3.63) is 33.8 Å². The Hall–Kier alpha value is -0.380. The van der Waals surface area contributed by atoms with E-state index in [1.54, 1.807) is 0 Å². The molecule has 16 heavy (non-hydrogen) atoms. The minimum atomic E-state index is 0.613. The molecular weight excluding hydrogens is 264 g/mol. The van der Waals surface area contributed by atoms with E-state index in [9.17, 15) is 0 Å². The molecule has 1 N–H and O–H groups in total. The molecule has 1 aromatic rings. The molecule has 0 aromatic heterocycles. The minimum absolute atomic E-state index is 0.613. The van der Waals surface area contributed by atoms with E-state index in [2.05, 4.69) is 58.2 Å². The molecular formula is C13H19BrN2. The Morgan fingerprint density at radius 2 is 2.25 bits per heavy atom. The minimum Gasteiger partial charge on any atom is -0.312 e. The molecule has 1 aliphatic heterocycles. The SMILES string of the molecule is Cc1cc(Br)cc(CN2CCN[C@@H](C)C2)c1. The second-order valence-electron chi connectivity index (χ2n) is 4.73. The van der Waals surface area contributed by atoms with Crippen LogP contribution in [0.1, 0.15) is 18.1 Å². The summed E-state index contributed by atoms with van der Waals surface area (Å²) in [5.74, 6) is 0. The van der Waals surface area contributed by atoms with Crippen LogP contribution in [-0.4, -0.2) is 30.6 Å². The molecule has 1 saturated heterocycles.